The highest BCUT2D eigenvalue weighted by molar-refractivity contribution is 5.86. The van der Waals surface area contributed by atoms with Crippen molar-refractivity contribution in [2.24, 2.45) is 0 Å². The van der Waals surface area contributed by atoms with Crippen LogP contribution in [0.25, 0.3) is 0 Å². The molecule has 1 aliphatic rings. The molecule has 1 aromatic heterocycles. The summed E-state index contributed by atoms with van der Waals surface area (Å²) in [5.74, 6) is 0.574. The first-order valence-electron chi connectivity index (χ1n) is 5.35. The Morgan fingerprint density at radius 2 is 2.25 bits per heavy atom. The third-order valence-corrected chi connectivity index (χ3v) is 2.62. The Hall–Kier alpha value is -1.55. The van der Waals surface area contributed by atoms with Gasteiger partial charge in [-0.15, -0.1) is 0 Å². The molecule has 0 aliphatic heterocycles. The van der Waals surface area contributed by atoms with E-state index in [1.807, 2.05) is 0 Å². The molecule has 0 bridgehead atoms. The van der Waals surface area contributed by atoms with E-state index in [1.54, 1.807) is 12.1 Å². The number of carbonyl (C=O) groups is 1. The van der Waals surface area contributed by atoms with Crippen LogP contribution in [0.5, 0.6) is 0 Å². The van der Waals surface area contributed by atoms with Crippen LogP contribution in [0, 0.1) is 0 Å². The molecular formula is C12H15NO3. The zero-order chi connectivity index (χ0) is 11.4. The fraction of sp³-hybridized carbons (Fsp3) is 0.417. The van der Waals surface area contributed by atoms with Gasteiger partial charge in [-0.25, -0.2) is 4.79 Å². The summed E-state index contributed by atoms with van der Waals surface area (Å²) < 4.78 is 9.90. The number of esters is 1. The lowest BCUT2D eigenvalue weighted by Gasteiger charge is -2.09. The van der Waals surface area contributed by atoms with E-state index in [2.05, 4.69) is 22.2 Å². The van der Waals surface area contributed by atoms with E-state index < -0.39 is 5.97 Å². The highest BCUT2D eigenvalue weighted by atomic mass is 16.5. The quantitative estimate of drug-likeness (QED) is 0.623. The third kappa shape index (κ3) is 2.52. The van der Waals surface area contributed by atoms with Crippen LogP contribution < -0.4 is 5.32 Å². The smallest absolute Gasteiger partial charge is 0.373 e. The number of carbonyl (C=O) groups excluding carboxylic acids is 1. The molecule has 0 atom stereocenters. The monoisotopic (exact) mass is 221 g/mol. The maximum atomic E-state index is 11.1. The van der Waals surface area contributed by atoms with Gasteiger partial charge in [0.1, 0.15) is 5.76 Å². The normalized spacial score (nSPS) is 15.6. The average molecular weight is 221 g/mol. The summed E-state index contributed by atoms with van der Waals surface area (Å²) in [6, 6.07) is 3.92. The summed E-state index contributed by atoms with van der Waals surface area (Å²) in [4.78, 5) is 11.1. The molecule has 16 heavy (non-hydrogen) atoms. The topological polar surface area (TPSA) is 51.5 Å². The summed E-state index contributed by atoms with van der Waals surface area (Å²) in [6.45, 7) is 0.642. The van der Waals surface area contributed by atoms with Gasteiger partial charge in [-0.05, 0) is 25.0 Å². The highest BCUT2D eigenvalue weighted by Crippen LogP contribution is 2.12. The minimum atomic E-state index is -0.436. The van der Waals surface area contributed by atoms with Gasteiger partial charge in [-0.2, -0.15) is 0 Å². The third-order valence-electron chi connectivity index (χ3n) is 2.62. The van der Waals surface area contributed by atoms with Crippen LogP contribution in [0.2, 0.25) is 0 Å². The van der Waals surface area contributed by atoms with Crippen molar-refractivity contribution in [2.45, 2.75) is 25.4 Å². The number of hydrogen-bond donors (Lipinski definition) is 1. The minimum absolute atomic E-state index is 0.254. The maximum Gasteiger partial charge on any atom is 0.373 e. The number of ether oxygens (including phenoxy) is 1. The van der Waals surface area contributed by atoms with E-state index in [-0.39, 0.29) is 5.76 Å². The highest BCUT2D eigenvalue weighted by Gasteiger charge is 2.13. The van der Waals surface area contributed by atoms with Crippen molar-refractivity contribution in [3.63, 3.8) is 0 Å². The van der Waals surface area contributed by atoms with Crippen LogP contribution in [0.3, 0.4) is 0 Å². The molecule has 1 aliphatic carbocycles. The van der Waals surface area contributed by atoms with Crippen molar-refractivity contribution in [3.8, 4) is 0 Å². The molecule has 1 heterocycles. The molecule has 1 N–H and O–H groups in total. The molecule has 0 radical (unpaired) electrons. The summed E-state index contributed by atoms with van der Waals surface area (Å²) in [5.41, 5.74) is 0. The van der Waals surface area contributed by atoms with Crippen molar-refractivity contribution >= 4 is 5.97 Å². The van der Waals surface area contributed by atoms with Crippen LogP contribution in [-0.2, 0) is 11.3 Å². The Bertz CT molecular complexity index is 387. The van der Waals surface area contributed by atoms with Crippen LogP contribution in [0.4, 0.5) is 0 Å². The molecule has 0 saturated heterocycles. The van der Waals surface area contributed by atoms with Gasteiger partial charge in [0.15, 0.2) is 0 Å². The van der Waals surface area contributed by atoms with E-state index in [4.69, 9.17) is 4.42 Å². The fourth-order valence-electron chi connectivity index (χ4n) is 1.71. The van der Waals surface area contributed by atoms with Crippen LogP contribution in [0.15, 0.2) is 28.7 Å². The Labute approximate surface area is 94.3 Å². The molecule has 0 spiro atoms. The van der Waals surface area contributed by atoms with E-state index in [9.17, 15) is 4.79 Å². The first-order chi connectivity index (χ1) is 7.79. The van der Waals surface area contributed by atoms with Crippen molar-refractivity contribution in [1.29, 1.82) is 0 Å². The molecule has 4 nitrogen and oxygen atoms in total. The standard InChI is InChI=1S/C12H15NO3/c1-15-12(14)11-7-6-10(16-11)8-13-9-4-2-3-5-9/h2-3,6-7,9,13H,4-5,8H2,1H3. The molecule has 86 valence electrons. The van der Waals surface area contributed by atoms with E-state index in [0.29, 0.717) is 12.6 Å². The Balaban J connectivity index is 1.85. The number of hydrogen-bond acceptors (Lipinski definition) is 4. The van der Waals surface area contributed by atoms with E-state index in [1.165, 1.54) is 7.11 Å². The van der Waals surface area contributed by atoms with Crippen LogP contribution >= 0.6 is 0 Å². The zero-order valence-electron chi connectivity index (χ0n) is 9.23. The van der Waals surface area contributed by atoms with E-state index >= 15 is 0 Å². The Morgan fingerprint density at radius 1 is 1.50 bits per heavy atom. The second-order valence-corrected chi connectivity index (χ2v) is 3.78. The Kier molecular flexibility index (Phi) is 3.41. The van der Waals surface area contributed by atoms with Gasteiger partial charge in [-0.3, -0.25) is 0 Å². The van der Waals surface area contributed by atoms with Crippen molar-refractivity contribution in [3.05, 3.63) is 35.8 Å². The number of rotatable bonds is 4. The van der Waals surface area contributed by atoms with Crippen LogP contribution in [0.1, 0.15) is 29.2 Å². The van der Waals surface area contributed by atoms with Crippen molar-refractivity contribution in [2.75, 3.05) is 7.11 Å². The summed E-state index contributed by atoms with van der Waals surface area (Å²) in [7, 11) is 1.34. The largest absolute Gasteiger partial charge is 0.463 e. The van der Waals surface area contributed by atoms with Gasteiger partial charge in [0.05, 0.1) is 13.7 Å². The zero-order valence-corrected chi connectivity index (χ0v) is 9.23. The lowest BCUT2D eigenvalue weighted by atomic mass is 10.2. The molecule has 0 saturated carbocycles. The second kappa shape index (κ2) is 4.99. The minimum Gasteiger partial charge on any atom is -0.463 e. The lowest BCUT2D eigenvalue weighted by Crippen LogP contribution is -2.25. The number of furan rings is 1. The molecule has 1 aromatic rings. The summed E-state index contributed by atoms with van der Waals surface area (Å²) >= 11 is 0. The molecule has 2 rings (SSSR count). The molecule has 0 unspecified atom stereocenters. The van der Waals surface area contributed by atoms with Gasteiger partial charge >= 0.3 is 5.97 Å². The Morgan fingerprint density at radius 3 is 2.94 bits per heavy atom. The van der Waals surface area contributed by atoms with Gasteiger partial charge in [0.2, 0.25) is 5.76 Å². The molecule has 0 amide bonds. The average Bonchev–Trinajstić information content (AvgIpc) is 2.96. The van der Waals surface area contributed by atoms with Crippen molar-refractivity contribution < 1.29 is 13.9 Å². The predicted octanol–water partition coefficient (Wildman–Crippen LogP) is 1.87. The summed E-state index contributed by atoms with van der Waals surface area (Å²) in [6.07, 6.45) is 6.45. The van der Waals surface area contributed by atoms with E-state index in [0.717, 1.165) is 18.6 Å². The van der Waals surface area contributed by atoms with Gasteiger partial charge in [-0.1, -0.05) is 12.2 Å². The lowest BCUT2D eigenvalue weighted by molar-refractivity contribution is 0.0563. The SMILES string of the molecule is COC(=O)c1ccc(CNC2CC=CC2)o1. The van der Waals surface area contributed by atoms with Crippen molar-refractivity contribution in [1.82, 2.24) is 5.32 Å². The molecule has 4 heteroatoms. The number of methoxy groups -OCH3 is 1. The maximum absolute atomic E-state index is 11.1. The fourth-order valence-corrected chi connectivity index (χ4v) is 1.71. The molecular weight excluding hydrogens is 206 g/mol. The molecule has 0 fully saturated rings. The van der Waals surface area contributed by atoms with Gasteiger partial charge in [0.25, 0.3) is 0 Å². The van der Waals surface area contributed by atoms with Gasteiger partial charge in [0, 0.05) is 6.04 Å². The van der Waals surface area contributed by atoms with Gasteiger partial charge < -0.3 is 14.5 Å². The second-order valence-electron chi connectivity index (χ2n) is 3.78. The molecule has 0 aromatic carbocycles. The predicted molar refractivity (Wildman–Crippen MR) is 59.0 cm³/mol. The first kappa shape index (κ1) is 11.0. The van der Waals surface area contributed by atoms with Crippen LogP contribution in [-0.4, -0.2) is 19.1 Å². The number of nitrogens with one attached hydrogen (secondary N) is 1. The summed E-state index contributed by atoms with van der Waals surface area (Å²) in [5, 5.41) is 3.36. The first-order valence-corrected chi connectivity index (χ1v) is 5.35.